The minimum Gasteiger partial charge on any atom is -0.354 e. The van der Waals surface area contributed by atoms with Gasteiger partial charge in [-0.1, -0.05) is 54.7 Å². The Bertz CT molecular complexity index is 912. The molecule has 1 fully saturated rings. The Morgan fingerprint density at radius 1 is 1.00 bits per heavy atom. The summed E-state index contributed by atoms with van der Waals surface area (Å²) in [5.41, 5.74) is 1.86. The molecule has 0 bridgehead atoms. The van der Waals surface area contributed by atoms with Crippen molar-refractivity contribution in [2.75, 3.05) is 18.0 Å². The Morgan fingerprint density at radius 2 is 1.73 bits per heavy atom. The van der Waals surface area contributed by atoms with Gasteiger partial charge in [-0.25, -0.2) is 0 Å². The Balaban J connectivity index is 0.00000196. The first-order valence-corrected chi connectivity index (χ1v) is 9.38. The molecule has 1 aliphatic heterocycles. The second-order valence-electron chi connectivity index (χ2n) is 6.58. The minimum atomic E-state index is 0. The van der Waals surface area contributed by atoms with Crippen molar-refractivity contribution < 1.29 is 0 Å². The van der Waals surface area contributed by atoms with Crippen LogP contribution in [0.5, 0.6) is 0 Å². The average Bonchev–Trinajstić information content (AvgIpc) is 3.10. The predicted octanol–water partition coefficient (Wildman–Crippen LogP) is 6.26. The summed E-state index contributed by atoms with van der Waals surface area (Å²) in [6.45, 7) is 4.31. The molecule has 0 amide bonds. The van der Waals surface area contributed by atoms with Gasteiger partial charge in [-0.15, -0.1) is 22.6 Å². The largest absolute Gasteiger partial charge is 0.354 e. The van der Waals surface area contributed by atoms with E-state index in [9.17, 15) is 0 Å². The molecule has 0 spiro atoms. The van der Waals surface area contributed by atoms with E-state index in [2.05, 4.69) is 22.0 Å². The van der Waals surface area contributed by atoms with Gasteiger partial charge in [0.05, 0.1) is 0 Å². The molecule has 1 atom stereocenters. The maximum atomic E-state index is 6.29. The van der Waals surface area contributed by atoms with Gasteiger partial charge in [0, 0.05) is 39.5 Å². The average molecular weight is 409 g/mol. The molecule has 2 aromatic carbocycles. The molecule has 1 unspecified atom stereocenters. The third kappa shape index (κ3) is 3.62. The molecule has 0 N–H and O–H groups in total. The van der Waals surface area contributed by atoms with Gasteiger partial charge >= 0.3 is 0 Å². The van der Waals surface area contributed by atoms with Crippen molar-refractivity contribution in [3.05, 3.63) is 52.5 Å². The van der Waals surface area contributed by atoms with Crippen molar-refractivity contribution in [1.82, 2.24) is 10.2 Å². The van der Waals surface area contributed by atoms with E-state index in [0.29, 0.717) is 5.02 Å². The van der Waals surface area contributed by atoms with Gasteiger partial charge in [-0.05, 0) is 36.6 Å². The molecule has 6 heteroatoms. The van der Waals surface area contributed by atoms with Crippen LogP contribution in [0.15, 0.2) is 42.5 Å². The first kappa shape index (κ1) is 19.2. The smallest absolute Gasteiger partial charge is 0.159 e. The number of hydrogen-bond acceptors (Lipinski definition) is 3. The number of hydrogen-bond donors (Lipinski definition) is 0. The van der Waals surface area contributed by atoms with Crippen LogP contribution in [0.2, 0.25) is 10.0 Å². The van der Waals surface area contributed by atoms with Crippen LogP contribution in [-0.2, 0) is 0 Å². The monoisotopic (exact) mass is 407 g/mol. The first-order chi connectivity index (χ1) is 12.2. The number of anilines is 1. The molecule has 1 saturated heterocycles. The fraction of sp³-hybridized carbons (Fsp3) is 0.300. The van der Waals surface area contributed by atoms with Crippen molar-refractivity contribution in [3.8, 4) is 11.3 Å². The Morgan fingerprint density at radius 3 is 2.42 bits per heavy atom. The second kappa shape index (κ2) is 7.99. The molecule has 3 nitrogen and oxygen atoms in total. The van der Waals surface area contributed by atoms with Crippen LogP contribution in [0.4, 0.5) is 5.82 Å². The van der Waals surface area contributed by atoms with Gasteiger partial charge in [0.2, 0.25) is 0 Å². The Kier molecular flexibility index (Phi) is 5.91. The lowest BCUT2D eigenvalue weighted by Crippen LogP contribution is -2.21. The second-order valence-corrected chi connectivity index (χ2v) is 7.45. The zero-order valence-corrected chi connectivity index (χ0v) is 16.8. The topological polar surface area (TPSA) is 29.0 Å². The van der Waals surface area contributed by atoms with E-state index in [0.717, 1.165) is 51.9 Å². The van der Waals surface area contributed by atoms with E-state index in [1.807, 2.05) is 42.5 Å². The number of halogens is 3. The van der Waals surface area contributed by atoms with Crippen LogP contribution in [0.3, 0.4) is 0 Å². The minimum absolute atomic E-state index is 0. The molecule has 136 valence electrons. The molecule has 4 rings (SSSR count). The highest BCUT2D eigenvalue weighted by molar-refractivity contribution is 6.31. The molecule has 3 aromatic rings. The normalized spacial score (nSPS) is 16.7. The lowest BCUT2D eigenvalue weighted by Gasteiger charge is -2.20. The van der Waals surface area contributed by atoms with Crippen molar-refractivity contribution >= 4 is 52.2 Å². The molecular weight excluding hydrogens is 389 g/mol. The van der Waals surface area contributed by atoms with E-state index in [-0.39, 0.29) is 12.4 Å². The fourth-order valence-corrected chi connectivity index (χ4v) is 3.82. The number of fused-ring (bicyclic) bond motifs is 1. The van der Waals surface area contributed by atoms with E-state index in [1.165, 1.54) is 12.8 Å². The SMILES string of the molecule is CCC1CCN(c2nnc(-c3ccc(Cl)cc3)c3ccc(Cl)cc23)C1.Cl. The Hall–Kier alpha value is -1.55. The maximum absolute atomic E-state index is 6.29. The van der Waals surface area contributed by atoms with Crippen LogP contribution in [-0.4, -0.2) is 23.3 Å². The van der Waals surface area contributed by atoms with Crippen LogP contribution >= 0.6 is 35.6 Å². The number of rotatable bonds is 3. The summed E-state index contributed by atoms with van der Waals surface area (Å²) in [5.74, 6) is 1.66. The lowest BCUT2D eigenvalue weighted by molar-refractivity contribution is 0.568. The Labute approximate surface area is 169 Å². The summed E-state index contributed by atoms with van der Waals surface area (Å²) < 4.78 is 0. The maximum Gasteiger partial charge on any atom is 0.159 e. The van der Waals surface area contributed by atoms with Gasteiger partial charge in [-0.2, -0.15) is 0 Å². The first-order valence-electron chi connectivity index (χ1n) is 8.62. The third-order valence-corrected chi connectivity index (χ3v) is 5.49. The number of aromatic nitrogens is 2. The summed E-state index contributed by atoms with van der Waals surface area (Å²) in [7, 11) is 0. The van der Waals surface area contributed by atoms with Crippen LogP contribution in [0, 0.1) is 5.92 Å². The molecule has 1 aliphatic rings. The highest BCUT2D eigenvalue weighted by Crippen LogP contribution is 2.35. The summed E-state index contributed by atoms with van der Waals surface area (Å²) in [6, 6.07) is 13.6. The lowest BCUT2D eigenvalue weighted by atomic mass is 10.0. The predicted molar refractivity (Wildman–Crippen MR) is 113 cm³/mol. The molecule has 0 aliphatic carbocycles. The zero-order valence-electron chi connectivity index (χ0n) is 14.5. The van der Waals surface area contributed by atoms with Crippen molar-refractivity contribution in [2.45, 2.75) is 19.8 Å². The molecule has 1 aromatic heterocycles. The molecule has 26 heavy (non-hydrogen) atoms. The molecule has 0 radical (unpaired) electrons. The van der Waals surface area contributed by atoms with Gasteiger partial charge < -0.3 is 4.90 Å². The van der Waals surface area contributed by atoms with Gasteiger partial charge in [0.15, 0.2) is 5.82 Å². The molecular formula is C20H20Cl3N3. The standard InChI is InChI=1S/C20H19Cl2N3.ClH/c1-2-13-9-10-25(12-13)20-18-11-16(22)7-8-17(18)19(23-24-20)14-3-5-15(21)6-4-14;/h3-8,11,13H,2,9-10,12H2,1H3;1H. The molecule has 0 saturated carbocycles. The van der Waals surface area contributed by atoms with Crippen molar-refractivity contribution in [2.24, 2.45) is 5.92 Å². The van der Waals surface area contributed by atoms with Crippen molar-refractivity contribution in [1.29, 1.82) is 0 Å². The van der Waals surface area contributed by atoms with E-state index < -0.39 is 0 Å². The highest BCUT2D eigenvalue weighted by atomic mass is 35.5. The highest BCUT2D eigenvalue weighted by Gasteiger charge is 2.24. The summed E-state index contributed by atoms with van der Waals surface area (Å²) in [4.78, 5) is 2.34. The summed E-state index contributed by atoms with van der Waals surface area (Å²) in [6.07, 6.45) is 2.41. The van der Waals surface area contributed by atoms with Crippen LogP contribution in [0.25, 0.3) is 22.0 Å². The van der Waals surface area contributed by atoms with E-state index in [1.54, 1.807) is 0 Å². The number of nitrogens with zero attached hydrogens (tertiary/aromatic N) is 3. The van der Waals surface area contributed by atoms with Crippen LogP contribution in [0.1, 0.15) is 19.8 Å². The van der Waals surface area contributed by atoms with E-state index in [4.69, 9.17) is 23.2 Å². The molecule has 2 heterocycles. The number of benzene rings is 2. The van der Waals surface area contributed by atoms with Crippen molar-refractivity contribution in [3.63, 3.8) is 0 Å². The van der Waals surface area contributed by atoms with Crippen LogP contribution < -0.4 is 4.90 Å². The quantitative estimate of drug-likeness (QED) is 0.512. The van der Waals surface area contributed by atoms with E-state index >= 15 is 0 Å². The van der Waals surface area contributed by atoms with Gasteiger partial charge in [-0.3, -0.25) is 0 Å². The summed E-state index contributed by atoms with van der Waals surface area (Å²) in [5, 5.41) is 12.7. The zero-order chi connectivity index (χ0) is 17.4. The van der Waals surface area contributed by atoms with Gasteiger partial charge in [0.25, 0.3) is 0 Å². The third-order valence-electron chi connectivity index (χ3n) is 5.00. The van der Waals surface area contributed by atoms with Gasteiger partial charge in [0.1, 0.15) is 5.69 Å². The summed E-state index contributed by atoms with van der Waals surface area (Å²) >= 11 is 12.3. The fourth-order valence-electron chi connectivity index (χ4n) is 3.53.